The summed E-state index contributed by atoms with van der Waals surface area (Å²) in [6.07, 6.45) is 1.04. The van der Waals surface area contributed by atoms with Gasteiger partial charge in [0, 0.05) is 39.2 Å². The molecule has 0 aliphatic carbocycles. The molecule has 0 aliphatic heterocycles. The van der Waals surface area contributed by atoms with Crippen molar-refractivity contribution in [3.05, 3.63) is 58.3 Å². The number of rotatable bonds is 7. The summed E-state index contributed by atoms with van der Waals surface area (Å²) in [4.78, 5) is 7.91. The van der Waals surface area contributed by atoms with Gasteiger partial charge in [0.25, 0.3) is 0 Å². The molecule has 0 amide bonds. The number of hydrogen-bond donors (Lipinski definition) is 1. The molecule has 1 N–H and O–H groups in total. The molecule has 2 rings (SSSR count). The fourth-order valence-electron chi connectivity index (χ4n) is 2.41. The van der Waals surface area contributed by atoms with E-state index < -0.39 is 0 Å². The number of thiophene rings is 1. The molecule has 0 aliphatic rings. The number of nitrogens with one attached hydrogen (secondary N) is 1. The van der Waals surface area contributed by atoms with E-state index in [1.165, 1.54) is 10.4 Å². The van der Waals surface area contributed by atoms with Crippen LogP contribution >= 0.6 is 11.3 Å². The second-order valence-corrected chi connectivity index (χ2v) is 6.35. The Morgan fingerprint density at radius 1 is 1.26 bits per heavy atom. The quantitative estimate of drug-likeness (QED) is 0.625. The second-order valence-electron chi connectivity index (χ2n) is 5.31. The summed E-state index contributed by atoms with van der Waals surface area (Å²) in [6.45, 7) is 1.62. The second kappa shape index (κ2) is 9.33. The Hall–Kier alpha value is -1.85. The molecule has 1 atom stereocenters. The molecule has 0 fully saturated rings. The summed E-state index contributed by atoms with van der Waals surface area (Å²) >= 11 is 1.80. The molecule has 0 radical (unpaired) electrons. The van der Waals surface area contributed by atoms with Gasteiger partial charge < -0.3 is 15.0 Å². The molecule has 5 heteroatoms. The fourth-order valence-corrected chi connectivity index (χ4v) is 3.11. The number of ether oxygens (including phenoxy) is 1. The van der Waals surface area contributed by atoms with Crippen LogP contribution in [0.2, 0.25) is 0 Å². The number of aliphatic imine (C=N–C) groups is 1. The highest BCUT2D eigenvalue weighted by Gasteiger charge is 2.12. The molecule has 4 nitrogen and oxygen atoms in total. The van der Waals surface area contributed by atoms with E-state index in [0.29, 0.717) is 6.54 Å². The van der Waals surface area contributed by atoms with E-state index in [-0.39, 0.29) is 6.10 Å². The highest BCUT2D eigenvalue weighted by molar-refractivity contribution is 7.09. The van der Waals surface area contributed by atoms with Gasteiger partial charge in [-0.05, 0) is 23.4 Å². The zero-order chi connectivity index (χ0) is 16.5. The first-order valence-electron chi connectivity index (χ1n) is 7.76. The SMILES string of the molecule is CN=C(NCC(OC)c1ccccc1)N(C)CCc1cccs1. The largest absolute Gasteiger partial charge is 0.375 e. The van der Waals surface area contributed by atoms with E-state index in [0.717, 1.165) is 18.9 Å². The molecule has 0 saturated heterocycles. The van der Waals surface area contributed by atoms with Gasteiger partial charge in [0.1, 0.15) is 0 Å². The number of guanidine groups is 1. The van der Waals surface area contributed by atoms with Crippen LogP contribution in [0.15, 0.2) is 52.8 Å². The smallest absolute Gasteiger partial charge is 0.193 e. The molecular weight excluding hydrogens is 306 g/mol. The van der Waals surface area contributed by atoms with Crippen molar-refractivity contribution in [3.63, 3.8) is 0 Å². The van der Waals surface area contributed by atoms with Crippen LogP contribution in [-0.4, -0.2) is 45.2 Å². The van der Waals surface area contributed by atoms with E-state index in [9.17, 15) is 0 Å². The molecule has 124 valence electrons. The molecular formula is C18H25N3OS. The maximum atomic E-state index is 5.60. The molecule has 1 aromatic carbocycles. The Balaban J connectivity index is 1.86. The molecule has 0 spiro atoms. The van der Waals surface area contributed by atoms with E-state index in [4.69, 9.17) is 4.74 Å². The lowest BCUT2D eigenvalue weighted by molar-refractivity contribution is 0.106. The minimum atomic E-state index is 0.0126. The summed E-state index contributed by atoms with van der Waals surface area (Å²) in [5.41, 5.74) is 1.17. The zero-order valence-electron chi connectivity index (χ0n) is 14.0. The van der Waals surface area contributed by atoms with E-state index >= 15 is 0 Å². The van der Waals surface area contributed by atoms with Crippen molar-refractivity contribution in [1.29, 1.82) is 0 Å². The summed E-state index contributed by atoms with van der Waals surface area (Å²) in [6, 6.07) is 14.5. The van der Waals surface area contributed by atoms with E-state index in [1.54, 1.807) is 18.4 Å². The Bertz CT molecular complexity index is 584. The number of methoxy groups -OCH3 is 1. The first-order valence-corrected chi connectivity index (χ1v) is 8.64. The lowest BCUT2D eigenvalue weighted by Gasteiger charge is -2.24. The van der Waals surface area contributed by atoms with Crippen LogP contribution in [0, 0.1) is 0 Å². The molecule has 0 saturated carbocycles. The van der Waals surface area contributed by atoms with Crippen LogP contribution in [0.4, 0.5) is 0 Å². The molecule has 0 bridgehead atoms. The van der Waals surface area contributed by atoms with Gasteiger partial charge in [0.15, 0.2) is 5.96 Å². The summed E-state index contributed by atoms with van der Waals surface area (Å²) in [5, 5.41) is 5.52. The van der Waals surface area contributed by atoms with Gasteiger partial charge in [0.2, 0.25) is 0 Å². The summed E-state index contributed by atoms with van der Waals surface area (Å²) in [7, 11) is 5.62. The van der Waals surface area contributed by atoms with Crippen molar-refractivity contribution in [2.75, 3.05) is 34.3 Å². The third-order valence-electron chi connectivity index (χ3n) is 3.75. The van der Waals surface area contributed by atoms with Crippen LogP contribution in [0.5, 0.6) is 0 Å². The Labute approximate surface area is 142 Å². The van der Waals surface area contributed by atoms with Crippen LogP contribution < -0.4 is 5.32 Å². The standard InChI is InChI=1S/C18H25N3OS/c1-19-18(21(2)12-11-16-10-7-13-23-16)20-14-17(22-3)15-8-5-4-6-9-15/h4-10,13,17H,11-12,14H2,1-3H3,(H,19,20). The van der Waals surface area contributed by atoms with Gasteiger partial charge in [-0.2, -0.15) is 0 Å². The van der Waals surface area contributed by atoms with Crippen molar-refractivity contribution < 1.29 is 4.74 Å². The Morgan fingerprint density at radius 2 is 2.04 bits per heavy atom. The maximum absolute atomic E-state index is 5.60. The summed E-state index contributed by atoms with van der Waals surface area (Å²) < 4.78 is 5.60. The van der Waals surface area contributed by atoms with Crippen molar-refractivity contribution in [1.82, 2.24) is 10.2 Å². The number of nitrogens with zero attached hydrogens (tertiary/aromatic N) is 2. The maximum Gasteiger partial charge on any atom is 0.193 e. The predicted octanol–water partition coefficient (Wildman–Crippen LogP) is 3.19. The molecule has 1 heterocycles. The van der Waals surface area contributed by atoms with Gasteiger partial charge in [0.05, 0.1) is 6.10 Å². The minimum Gasteiger partial charge on any atom is -0.375 e. The first-order chi connectivity index (χ1) is 11.2. The zero-order valence-corrected chi connectivity index (χ0v) is 14.8. The Kier molecular flexibility index (Phi) is 7.10. The van der Waals surface area contributed by atoms with Crippen LogP contribution in [0.1, 0.15) is 16.5 Å². The third kappa shape index (κ3) is 5.37. The average Bonchev–Trinajstić information content (AvgIpc) is 3.11. The topological polar surface area (TPSA) is 36.9 Å². The molecule has 1 unspecified atom stereocenters. The van der Waals surface area contributed by atoms with Gasteiger partial charge in [-0.3, -0.25) is 4.99 Å². The van der Waals surface area contributed by atoms with Gasteiger partial charge >= 0.3 is 0 Å². The fraction of sp³-hybridized carbons (Fsp3) is 0.389. The summed E-state index contributed by atoms with van der Waals surface area (Å²) in [5.74, 6) is 0.888. The van der Waals surface area contributed by atoms with Gasteiger partial charge in [-0.15, -0.1) is 11.3 Å². The van der Waals surface area contributed by atoms with Crippen LogP contribution in [0.25, 0.3) is 0 Å². The monoisotopic (exact) mass is 331 g/mol. The normalized spacial score (nSPS) is 12.9. The van der Waals surface area contributed by atoms with Crippen molar-refractivity contribution in [2.24, 2.45) is 4.99 Å². The number of likely N-dealkylation sites (N-methyl/N-ethyl adjacent to an activating group) is 1. The highest BCUT2D eigenvalue weighted by atomic mass is 32.1. The lowest BCUT2D eigenvalue weighted by atomic mass is 10.1. The minimum absolute atomic E-state index is 0.0126. The molecule has 23 heavy (non-hydrogen) atoms. The van der Waals surface area contributed by atoms with Crippen molar-refractivity contribution in [2.45, 2.75) is 12.5 Å². The van der Waals surface area contributed by atoms with Crippen molar-refractivity contribution >= 4 is 17.3 Å². The van der Waals surface area contributed by atoms with Crippen LogP contribution in [-0.2, 0) is 11.2 Å². The third-order valence-corrected chi connectivity index (χ3v) is 4.68. The van der Waals surface area contributed by atoms with E-state index in [2.05, 4.69) is 51.9 Å². The number of hydrogen-bond acceptors (Lipinski definition) is 3. The van der Waals surface area contributed by atoms with Gasteiger partial charge in [-0.25, -0.2) is 0 Å². The van der Waals surface area contributed by atoms with Gasteiger partial charge in [-0.1, -0.05) is 36.4 Å². The molecule has 1 aromatic heterocycles. The van der Waals surface area contributed by atoms with Crippen molar-refractivity contribution in [3.8, 4) is 0 Å². The van der Waals surface area contributed by atoms with E-state index in [1.807, 2.05) is 25.2 Å². The predicted molar refractivity (Wildman–Crippen MR) is 98.2 cm³/mol. The Morgan fingerprint density at radius 3 is 2.65 bits per heavy atom. The highest BCUT2D eigenvalue weighted by Crippen LogP contribution is 2.15. The first kappa shape index (κ1) is 17.5. The average molecular weight is 331 g/mol. The number of benzene rings is 1. The molecule has 2 aromatic rings. The lowest BCUT2D eigenvalue weighted by Crippen LogP contribution is -2.41. The van der Waals surface area contributed by atoms with Crippen LogP contribution in [0.3, 0.4) is 0 Å².